The normalized spacial score (nSPS) is 19.9. The summed E-state index contributed by atoms with van der Waals surface area (Å²) in [5.41, 5.74) is 2.83. The number of amides is 1. The second-order valence-electron chi connectivity index (χ2n) is 7.15. The highest BCUT2D eigenvalue weighted by atomic mass is 35.5. The summed E-state index contributed by atoms with van der Waals surface area (Å²) in [6.45, 7) is 4.29. The number of hydrogen-bond acceptors (Lipinski definition) is 2. The monoisotopic (exact) mass is 390 g/mol. The number of likely N-dealkylation sites (tertiary alicyclic amines) is 1. The molecule has 0 atom stereocenters. The Morgan fingerprint density at radius 1 is 1.12 bits per heavy atom. The van der Waals surface area contributed by atoms with Crippen molar-refractivity contribution in [3.8, 4) is 0 Å². The maximum atomic E-state index is 12.8. The molecular weight excluding hydrogens is 365 g/mol. The summed E-state index contributed by atoms with van der Waals surface area (Å²) in [6.07, 6.45) is -2.05. The smallest absolute Gasteiger partial charge is 0.339 e. The van der Waals surface area contributed by atoms with Crippen molar-refractivity contribution in [2.45, 2.75) is 44.7 Å². The summed E-state index contributed by atoms with van der Waals surface area (Å²) in [5.74, 6) is -0.961. The Kier molecular flexibility index (Phi) is 6.97. The van der Waals surface area contributed by atoms with Crippen molar-refractivity contribution in [2.24, 2.45) is 5.92 Å². The molecule has 0 bridgehead atoms. The maximum absolute atomic E-state index is 12.8. The van der Waals surface area contributed by atoms with E-state index < -0.39 is 12.1 Å². The summed E-state index contributed by atoms with van der Waals surface area (Å²) in [6, 6.07) is 5.79. The molecule has 0 spiro atoms. The molecule has 2 fully saturated rings. The van der Waals surface area contributed by atoms with Gasteiger partial charge in [0.1, 0.15) is 0 Å². The van der Waals surface area contributed by atoms with Crippen LogP contribution >= 0.6 is 12.4 Å². The van der Waals surface area contributed by atoms with Crippen LogP contribution < -0.4 is 5.32 Å². The molecular formula is C19H26ClF3N2O. The van der Waals surface area contributed by atoms with E-state index in [9.17, 15) is 18.0 Å². The zero-order valence-electron chi connectivity index (χ0n) is 14.9. The van der Waals surface area contributed by atoms with Crippen LogP contribution in [0.5, 0.6) is 0 Å². The third-order valence-electron chi connectivity index (χ3n) is 5.63. The van der Waals surface area contributed by atoms with Gasteiger partial charge in [-0.15, -0.1) is 12.4 Å². The standard InChI is InChI=1S/C19H25F3N2O.ClH/c1-13-16(14-5-9-23-10-6-14)3-2-4-17(13)18(25)24-11-7-15(8-12-24)19(20,21)22;/h2-4,14-15,23H,5-12H2,1H3;1H. The van der Waals surface area contributed by atoms with Gasteiger partial charge in [-0.1, -0.05) is 12.1 Å². The molecule has 0 saturated carbocycles. The number of nitrogens with zero attached hydrogens (tertiary/aromatic N) is 1. The largest absolute Gasteiger partial charge is 0.391 e. The average molecular weight is 391 g/mol. The fourth-order valence-electron chi connectivity index (χ4n) is 4.04. The highest BCUT2D eigenvalue weighted by Gasteiger charge is 2.41. The van der Waals surface area contributed by atoms with Crippen molar-refractivity contribution in [1.29, 1.82) is 0 Å². The van der Waals surface area contributed by atoms with Gasteiger partial charge >= 0.3 is 6.18 Å². The van der Waals surface area contributed by atoms with E-state index in [-0.39, 0.29) is 44.2 Å². The van der Waals surface area contributed by atoms with E-state index in [1.807, 2.05) is 13.0 Å². The minimum atomic E-state index is -4.15. The number of halogens is 4. The highest BCUT2D eigenvalue weighted by Crippen LogP contribution is 2.35. The lowest BCUT2D eigenvalue weighted by Crippen LogP contribution is -2.42. The van der Waals surface area contributed by atoms with E-state index in [1.54, 1.807) is 11.0 Å². The second-order valence-corrected chi connectivity index (χ2v) is 7.15. The van der Waals surface area contributed by atoms with Crippen LogP contribution in [0.15, 0.2) is 18.2 Å². The minimum Gasteiger partial charge on any atom is -0.339 e. The van der Waals surface area contributed by atoms with Crippen LogP contribution in [0.1, 0.15) is 53.1 Å². The van der Waals surface area contributed by atoms with Gasteiger partial charge in [0.25, 0.3) is 5.91 Å². The molecule has 0 aromatic heterocycles. The van der Waals surface area contributed by atoms with Gasteiger partial charge in [-0.3, -0.25) is 4.79 Å². The van der Waals surface area contributed by atoms with Gasteiger partial charge in [-0.25, -0.2) is 0 Å². The lowest BCUT2D eigenvalue weighted by atomic mass is 9.85. The molecule has 0 aliphatic carbocycles. The van der Waals surface area contributed by atoms with E-state index in [0.29, 0.717) is 11.5 Å². The molecule has 3 nitrogen and oxygen atoms in total. The maximum Gasteiger partial charge on any atom is 0.391 e. The molecule has 1 amide bonds. The molecule has 146 valence electrons. The molecule has 1 N–H and O–H groups in total. The molecule has 2 heterocycles. The summed E-state index contributed by atoms with van der Waals surface area (Å²) < 4.78 is 38.4. The third kappa shape index (κ3) is 4.52. The first-order chi connectivity index (χ1) is 11.9. The molecule has 7 heteroatoms. The van der Waals surface area contributed by atoms with E-state index >= 15 is 0 Å². The summed E-state index contributed by atoms with van der Waals surface area (Å²) in [7, 11) is 0. The molecule has 0 radical (unpaired) electrons. The minimum absolute atomic E-state index is 0. The van der Waals surface area contributed by atoms with E-state index in [0.717, 1.165) is 31.5 Å². The quantitative estimate of drug-likeness (QED) is 0.816. The molecule has 1 aromatic carbocycles. The number of hydrogen-bond donors (Lipinski definition) is 1. The number of rotatable bonds is 2. The Morgan fingerprint density at radius 2 is 1.73 bits per heavy atom. The highest BCUT2D eigenvalue weighted by molar-refractivity contribution is 5.96. The average Bonchev–Trinajstić information content (AvgIpc) is 2.61. The Balaban J connectivity index is 0.00000243. The van der Waals surface area contributed by atoms with Crippen LogP contribution in [0.25, 0.3) is 0 Å². The fourth-order valence-corrected chi connectivity index (χ4v) is 4.04. The number of carbonyl (C=O) groups is 1. The number of piperidine rings is 2. The van der Waals surface area contributed by atoms with Crippen LogP contribution in [0.4, 0.5) is 13.2 Å². The van der Waals surface area contributed by atoms with Gasteiger partial charge in [0, 0.05) is 18.7 Å². The zero-order chi connectivity index (χ0) is 18.0. The molecule has 2 aliphatic heterocycles. The summed E-state index contributed by atoms with van der Waals surface area (Å²) in [4.78, 5) is 14.4. The Hall–Kier alpha value is -1.27. The van der Waals surface area contributed by atoms with Gasteiger partial charge < -0.3 is 10.2 Å². The van der Waals surface area contributed by atoms with Crippen molar-refractivity contribution in [1.82, 2.24) is 10.2 Å². The van der Waals surface area contributed by atoms with E-state index in [1.165, 1.54) is 5.56 Å². The molecule has 1 aromatic rings. The van der Waals surface area contributed by atoms with Gasteiger partial charge in [0.05, 0.1) is 5.92 Å². The molecule has 3 rings (SSSR count). The van der Waals surface area contributed by atoms with Crippen molar-refractivity contribution in [3.63, 3.8) is 0 Å². The Morgan fingerprint density at radius 3 is 2.31 bits per heavy atom. The Bertz CT molecular complexity index is 622. The first-order valence-corrected chi connectivity index (χ1v) is 9.04. The lowest BCUT2D eigenvalue weighted by Gasteiger charge is -2.33. The number of carbonyl (C=O) groups excluding carboxylic acids is 1. The summed E-state index contributed by atoms with van der Waals surface area (Å²) >= 11 is 0. The third-order valence-corrected chi connectivity index (χ3v) is 5.63. The van der Waals surface area contributed by atoms with Crippen LogP contribution in [0.3, 0.4) is 0 Å². The molecule has 2 aliphatic rings. The van der Waals surface area contributed by atoms with Crippen molar-refractivity contribution in [3.05, 3.63) is 34.9 Å². The lowest BCUT2D eigenvalue weighted by molar-refractivity contribution is -0.183. The van der Waals surface area contributed by atoms with Crippen LogP contribution in [-0.4, -0.2) is 43.2 Å². The first kappa shape index (κ1) is 21.0. The predicted molar refractivity (Wildman–Crippen MR) is 98.0 cm³/mol. The van der Waals surface area contributed by atoms with Gasteiger partial charge in [-0.05, 0) is 68.8 Å². The molecule has 2 saturated heterocycles. The summed E-state index contributed by atoms with van der Waals surface area (Å²) in [5, 5.41) is 3.34. The SMILES string of the molecule is Cc1c(C(=O)N2CCC(C(F)(F)F)CC2)cccc1C1CCNCC1.Cl. The van der Waals surface area contributed by atoms with Gasteiger partial charge in [0.2, 0.25) is 0 Å². The number of nitrogens with one attached hydrogen (secondary N) is 1. The molecule has 26 heavy (non-hydrogen) atoms. The van der Waals surface area contributed by atoms with Crippen molar-refractivity contribution < 1.29 is 18.0 Å². The number of benzene rings is 1. The predicted octanol–water partition coefficient (Wildman–Crippen LogP) is 4.30. The van der Waals surface area contributed by atoms with Gasteiger partial charge in [0.15, 0.2) is 0 Å². The zero-order valence-corrected chi connectivity index (χ0v) is 15.8. The van der Waals surface area contributed by atoms with Crippen LogP contribution in [0.2, 0.25) is 0 Å². The van der Waals surface area contributed by atoms with Crippen molar-refractivity contribution in [2.75, 3.05) is 26.2 Å². The Labute approximate surface area is 158 Å². The van der Waals surface area contributed by atoms with Crippen LogP contribution in [0, 0.1) is 12.8 Å². The first-order valence-electron chi connectivity index (χ1n) is 9.04. The second kappa shape index (κ2) is 8.61. The van der Waals surface area contributed by atoms with Gasteiger partial charge in [-0.2, -0.15) is 13.2 Å². The van der Waals surface area contributed by atoms with E-state index in [2.05, 4.69) is 11.4 Å². The molecule has 0 unspecified atom stereocenters. The van der Waals surface area contributed by atoms with Crippen LogP contribution in [-0.2, 0) is 0 Å². The number of alkyl halides is 3. The fraction of sp³-hybridized carbons (Fsp3) is 0.632. The van der Waals surface area contributed by atoms with Crippen molar-refractivity contribution >= 4 is 18.3 Å². The topological polar surface area (TPSA) is 32.3 Å². The van der Waals surface area contributed by atoms with E-state index in [4.69, 9.17) is 0 Å².